The summed E-state index contributed by atoms with van der Waals surface area (Å²) in [7, 11) is -7.23. The molecule has 0 bridgehead atoms. The molecule has 1 amide bonds. The third kappa shape index (κ3) is 4.45. The van der Waals surface area contributed by atoms with Gasteiger partial charge in [-0.3, -0.25) is 4.79 Å². The monoisotopic (exact) mass is 486 g/mol. The third-order valence-corrected chi connectivity index (χ3v) is 8.37. The number of sulfone groups is 1. The molecule has 1 aliphatic heterocycles. The molecule has 150 valence electrons. The van der Waals surface area contributed by atoms with Crippen LogP contribution in [0.2, 0.25) is 0 Å². The maximum absolute atomic E-state index is 12.6. The first kappa shape index (κ1) is 21.0. The number of rotatable bonds is 5. The van der Waals surface area contributed by atoms with Crippen LogP contribution in [0.3, 0.4) is 0 Å². The molecule has 1 heterocycles. The van der Waals surface area contributed by atoms with Crippen molar-refractivity contribution in [1.29, 1.82) is 0 Å². The Morgan fingerprint density at radius 3 is 2.46 bits per heavy atom. The van der Waals surface area contributed by atoms with E-state index in [9.17, 15) is 21.6 Å². The summed E-state index contributed by atoms with van der Waals surface area (Å²) >= 11 is 3.24. The fourth-order valence-corrected chi connectivity index (χ4v) is 6.09. The summed E-state index contributed by atoms with van der Waals surface area (Å²) < 4.78 is 52.4. The SMILES string of the molecule is CC(NS(=O)(=O)c1ccc(Br)cc1)C(=O)NC1CCS(=O)(=O)c2ccccc21. The molecule has 2 aromatic carbocycles. The molecule has 2 unspecified atom stereocenters. The van der Waals surface area contributed by atoms with Gasteiger partial charge < -0.3 is 5.32 Å². The number of amides is 1. The van der Waals surface area contributed by atoms with Crippen LogP contribution >= 0.6 is 15.9 Å². The van der Waals surface area contributed by atoms with Crippen molar-refractivity contribution in [2.45, 2.75) is 35.2 Å². The maximum atomic E-state index is 12.6. The summed E-state index contributed by atoms with van der Waals surface area (Å²) in [6.07, 6.45) is 0.233. The van der Waals surface area contributed by atoms with Crippen molar-refractivity contribution in [2.75, 3.05) is 5.75 Å². The van der Waals surface area contributed by atoms with E-state index in [0.717, 1.165) is 4.47 Å². The lowest BCUT2D eigenvalue weighted by Gasteiger charge is -2.27. The lowest BCUT2D eigenvalue weighted by Crippen LogP contribution is -2.46. The molecule has 2 N–H and O–H groups in total. The molecule has 0 radical (unpaired) electrons. The Balaban J connectivity index is 1.74. The van der Waals surface area contributed by atoms with Gasteiger partial charge in [-0.15, -0.1) is 0 Å². The Kier molecular flexibility index (Phi) is 5.95. The molecular weight excluding hydrogens is 468 g/mol. The number of carbonyl (C=O) groups is 1. The summed E-state index contributed by atoms with van der Waals surface area (Å²) in [5, 5.41) is 2.76. The molecule has 3 rings (SSSR count). The van der Waals surface area contributed by atoms with Crippen molar-refractivity contribution >= 4 is 41.7 Å². The molecule has 7 nitrogen and oxygen atoms in total. The molecule has 1 aliphatic rings. The number of benzene rings is 2. The molecule has 2 atom stereocenters. The zero-order chi connectivity index (χ0) is 20.5. The summed E-state index contributed by atoms with van der Waals surface area (Å²) in [6.45, 7) is 1.44. The quantitative estimate of drug-likeness (QED) is 0.672. The van der Waals surface area contributed by atoms with Crippen LogP contribution in [0.25, 0.3) is 0 Å². The first-order valence-electron chi connectivity index (χ1n) is 8.50. The van der Waals surface area contributed by atoms with Crippen LogP contribution in [0.15, 0.2) is 62.8 Å². The smallest absolute Gasteiger partial charge is 0.241 e. The zero-order valence-corrected chi connectivity index (χ0v) is 18.1. The lowest BCUT2D eigenvalue weighted by atomic mass is 10.0. The van der Waals surface area contributed by atoms with Crippen molar-refractivity contribution in [1.82, 2.24) is 10.0 Å². The van der Waals surface area contributed by atoms with Gasteiger partial charge in [-0.1, -0.05) is 34.1 Å². The highest BCUT2D eigenvalue weighted by Crippen LogP contribution is 2.31. The minimum absolute atomic E-state index is 0.0458. The highest BCUT2D eigenvalue weighted by Gasteiger charge is 2.32. The highest BCUT2D eigenvalue weighted by atomic mass is 79.9. The Morgan fingerprint density at radius 2 is 1.79 bits per heavy atom. The number of hydrogen-bond donors (Lipinski definition) is 2. The van der Waals surface area contributed by atoms with Crippen LogP contribution in [-0.4, -0.2) is 34.5 Å². The Bertz CT molecular complexity index is 1100. The van der Waals surface area contributed by atoms with Gasteiger partial charge in [-0.05, 0) is 49.2 Å². The minimum Gasteiger partial charge on any atom is -0.348 e. The van der Waals surface area contributed by atoms with E-state index in [2.05, 4.69) is 26.0 Å². The van der Waals surface area contributed by atoms with Crippen molar-refractivity contribution in [2.24, 2.45) is 0 Å². The van der Waals surface area contributed by atoms with Gasteiger partial charge in [0.25, 0.3) is 0 Å². The predicted molar refractivity (Wildman–Crippen MR) is 108 cm³/mol. The highest BCUT2D eigenvalue weighted by molar-refractivity contribution is 9.10. The average Bonchev–Trinajstić information content (AvgIpc) is 2.64. The molecule has 0 fully saturated rings. The molecule has 2 aromatic rings. The van der Waals surface area contributed by atoms with Gasteiger partial charge in [0.1, 0.15) is 0 Å². The first-order chi connectivity index (χ1) is 13.1. The topological polar surface area (TPSA) is 109 Å². The predicted octanol–water partition coefficient (Wildman–Crippen LogP) is 2.15. The van der Waals surface area contributed by atoms with E-state index in [1.165, 1.54) is 25.1 Å². The van der Waals surface area contributed by atoms with E-state index in [0.29, 0.717) is 5.56 Å². The summed E-state index contributed by atoms with van der Waals surface area (Å²) in [4.78, 5) is 12.8. The van der Waals surface area contributed by atoms with Crippen LogP contribution in [0.4, 0.5) is 0 Å². The number of halogens is 1. The Morgan fingerprint density at radius 1 is 1.14 bits per heavy atom. The zero-order valence-electron chi connectivity index (χ0n) is 14.9. The minimum atomic E-state index is -3.87. The molecule has 10 heteroatoms. The van der Waals surface area contributed by atoms with Crippen LogP contribution in [-0.2, 0) is 24.7 Å². The van der Waals surface area contributed by atoms with E-state index >= 15 is 0 Å². The Labute approximate surface area is 172 Å². The van der Waals surface area contributed by atoms with Crippen molar-refractivity contribution in [3.05, 3.63) is 58.6 Å². The van der Waals surface area contributed by atoms with Crippen molar-refractivity contribution in [3.63, 3.8) is 0 Å². The van der Waals surface area contributed by atoms with Gasteiger partial charge in [0.05, 0.1) is 27.6 Å². The van der Waals surface area contributed by atoms with Gasteiger partial charge in [-0.25, -0.2) is 16.8 Å². The van der Waals surface area contributed by atoms with Gasteiger partial charge in [0.15, 0.2) is 9.84 Å². The van der Waals surface area contributed by atoms with Gasteiger partial charge in [0, 0.05) is 4.47 Å². The second-order valence-electron chi connectivity index (χ2n) is 6.50. The maximum Gasteiger partial charge on any atom is 0.241 e. The molecule has 0 aromatic heterocycles. The lowest BCUT2D eigenvalue weighted by molar-refractivity contribution is -0.123. The van der Waals surface area contributed by atoms with Crippen molar-refractivity contribution in [3.8, 4) is 0 Å². The standard InChI is InChI=1S/C18H19BrN2O5S2/c1-12(21-28(25,26)14-8-6-13(19)7-9-14)18(22)20-16-10-11-27(23,24)17-5-3-2-4-15(16)17/h2-9,12,16,21H,10-11H2,1H3,(H,20,22). The van der Waals surface area contributed by atoms with Crippen LogP contribution in [0, 0.1) is 0 Å². The largest absolute Gasteiger partial charge is 0.348 e. The number of nitrogens with one attached hydrogen (secondary N) is 2. The second-order valence-corrected chi connectivity index (χ2v) is 11.2. The summed E-state index contributed by atoms with van der Waals surface area (Å²) in [5.74, 6) is -0.603. The number of carbonyl (C=O) groups excluding carboxylic acids is 1. The second kappa shape index (κ2) is 7.94. The van der Waals surface area contributed by atoms with Crippen LogP contribution in [0.5, 0.6) is 0 Å². The fraction of sp³-hybridized carbons (Fsp3) is 0.278. The van der Waals surface area contributed by atoms with Gasteiger partial charge in [-0.2, -0.15) is 4.72 Å². The van der Waals surface area contributed by atoms with Crippen LogP contribution in [0.1, 0.15) is 24.9 Å². The van der Waals surface area contributed by atoms with E-state index in [1.807, 2.05) is 0 Å². The number of sulfonamides is 1. The molecule has 0 spiro atoms. The van der Waals surface area contributed by atoms with E-state index in [-0.39, 0.29) is 22.0 Å². The average molecular weight is 487 g/mol. The van der Waals surface area contributed by atoms with Gasteiger partial charge >= 0.3 is 0 Å². The third-order valence-electron chi connectivity index (χ3n) is 4.47. The summed E-state index contributed by atoms with van der Waals surface area (Å²) in [6, 6.07) is 11.0. The molecule has 0 saturated carbocycles. The summed E-state index contributed by atoms with van der Waals surface area (Å²) in [5.41, 5.74) is 0.519. The fourth-order valence-electron chi connectivity index (χ4n) is 3.00. The van der Waals surface area contributed by atoms with E-state index in [4.69, 9.17) is 0 Å². The molecular formula is C18H19BrN2O5S2. The Hall–Kier alpha value is -1.75. The van der Waals surface area contributed by atoms with E-state index in [1.54, 1.807) is 30.3 Å². The van der Waals surface area contributed by atoms with Gasteiger partial charge in [0.2, 0.25) is 15.9 Å². The number of fused-ring (bicyclic) bond motifs is 1. The van der Waals surface area contributed by atoms with E-state index < -0.39 is 37.9 Å². The number of hydrogen-bond acceptors (Lipinski definition) is 5. The molecule has 0 aliphatic carbocycles. The molecule has 28 heavy (non-hydrogen) atoms. The normalized spacial score (nSPS) is 19.4. The first-order valence-corrected chi connectivity index (χ1v) is 12.4. The van der Waals surface area contributed by atoms with Crippen molar-refractivity contribution < 1.29 is 21.6 Å². The van der Waals surface area contributed by atoms with Crippen LogP contribution < -0.4 is 10.0 Å². The molecule has 0 saturated heterocycles.